The molecule has 2 aliphatic rings. The van der Waals surface area contributed by atoms with E-state index in [-0.39, 0.29) is 17.6 Å². The first-order chi connectivity index (χ1) is 13.7. The van der Waals surface area contributed by atoms with E-state index in [4.69, 9.17) is 9.15 Å². The van der Waals surface area contributed by atoms with Gasteiger partial charge in [0, 0.05) is 12.2 Å². The van der Waals surface area contributed by atoms with Crippen LogP contribution in [-0.2, 0) is 4.79 Å². The minimum atomic E-state index is -0.485. The minimum Gasteiger partial charge on any atom is -0.490 e. The molecule has 1 aliphatic heterocycles. The minimum absolute atomic E-state index is 0.163. The lowest BCUT2D eigenvalue weighted by Crippen LogP contribution is -2.49. The van der Waals surface area contributed by atoms with E-state index in [0.29, 0.717) is 24.8 Å². The van der Waals surface area contributed by atoms with Crippen molar-refractivity contribution in [3.8, 4) is 5.75 Å². The van der Waals surface area contributed by atoms with Crippen molar-refractivity contribution < 1.29 is 18.7 Å². The molecule has 0 bridgehead atoms. The second kappa shape index (κ2) is 8.50. The van der Waals surface area contributed by atoms with Crippen molar-refractivity contribution in [1.29, 1.82) is 0 Å². The van der Waals surface area contributed by atoms with Gasteiger partial charge >= 0.3 is 0 Å². The van der Waals surface area contributed by atoms with E-state index >= 15 is 0 Å². The Bertz CT molecular complexity index is 794. The summed E-state index contributed by atoms with van der Waals surface area (Å²) in [6.07, 6.45) is 8.93. The van der Waals surface area contributed by atoms with Crippen LogP contribution in [0.1, 0.15) is 55.5 Å². The quantitative estimate of drug-likeness (QED) is 0.840. The normalized spacial score (nSPS) is 20.1. The summed E-state index contributed by atoms with van der Waals surface area (Å²) < 4.78 is 11.2. The van der Waals surface area contributed by atoms with Gasteiger partial charge in [0.1, 0.15) is 11.8 Å². The molecular formula is C22H26N2O4. The predicted molar refractivity (Wildman–Crippen MR) is 105 cm³/mol. The third kappa shape index (κ3) is 4.21. The number of nitrogens with one attached hydrogen (secondary N) is 1. The van der Waals surface area contributed by atoms with Crippen molar-refractivity contribution >= 4 is 17.5 Å². The van der Waals surface area contributed by atoms with Crippen LogP contribution in [0, 0.1) is 0 Å². The number of rotatable bonds is 5. The van der Waals surface area contributed by atoms with Crippen LogP contribution in [0.25, 0.3) is 0 Å². The smallest absolute Gasteiger partial charge is 0.290 e. The molecule has 1 aromatic carbocycles. The Labute approximate surface area is 164 Å². The van der Waals surface area contributed by atoms with E-state index in [1.165, 1.54) is 19.1 Å². The van der Waals surface area contributed by atoms with Gasteiger partial charge in [0.05, 0.1) is 12.4 Å². The average molecular weight is 382 g/mol. The number of hydrogen-bond acceptors (Lipinski definition) is 4. The van der Waals surface area contributed by atoms with E-state index in [1.54, 1.807) is 17.0 Å². The van der Waals surface area contributed by atoms with Crippen molar-refractivity contribution in [2.75, 3.05) is 11.9 Å². The third-order valence-electron chi connectivity index (χ3n) is 5.53. The number of amides is 2. The first-order valence-corrected chi connectivity index (χ1v) is 10.1. The first kappa shape index (κ1) is 18.6. The molecule has 1 saturated heterocycles. The van der Waals surface area contributed by atoms with Gasteiger partial charge in [-0.3, -0.25) is 9.59 Å². The third-order valence-corrected chi connectivity index (χ3v) is 5.53. The molecule has 4 rings (SSSR count). The molecule has 2 amide bonds. The molecule has 1 aromatic heterocycles. The highest BCUT2D eigenvalue weighted by Gasteiger charge is 2.33. The van der Waals surface area contributed by atoms with Gasteiger partial charge in [0.2, 0.25) is 5.91 Å². The van der Waals surface area contributed by atoms with Gasteiger partial charge in [-0.2, -0.15) is 0 Å². The second-order valence-corrected chi connectivity index (χ2v) is 7.53. The highest BCUT2D eigenvalue weighted by molar-refractivity contribution is 6.00. The summed E-state index contributed by atoms with van der Waals surface area (Å²) in [6, 6.07) is 10.3. The van der Waals surface area contributed by atoms with E-state index in [2.05, 4.69) is 5.32 Å². The zero-order valence-electron chi connectivity index (χ0n) is 15.9. The zero-order valence-corrected chi connectivity index (χ0v) is 15.9. The number of likely N-dealkylation sites (tertiary alicyclic amines) is 1. The summed E-state index contributed by atoms with van der Waals surface area (Å²) in [5, 5.41) is 2.94. The van der Waals surface area contributed by atoms with E-state index in [0.717, 1.165) is 31.4 Å². The maximum absolute atomic E-state index is 12.8. The van der Waals surface area contributed by atoms with Crippen LogP contribution in [0.15, 0.2) is 47.1 Å². The molecule has 2 heterocycles. The Kier molecular flexibility index (Phi) is 5.65. The van der Waals surface area contributed by atoms with Crippen LogP contribution in [0.4, 0.5) is 5.69 Å². The molecule has 6 heteroatoms. The molecule has 2 fully saturated rings. The van der Waals surface area contributed by atoms with Gasteiger partial charge in [-0.1, -0.05) is 0 Å². The van der Waals surface area contributed by atoms with Gasteiger partial charge in [0.25, 0.3) is 5.91 Å². The standard InChI is InChI=1S/C22H26N2O4/c25-21(19-8-3-4-14-24(19)22(26)20-9-5-15-27-20)23-16-10-12-18(13-11-16)28-17-6-1-2-7-17/h5,9-13,15,17,19H,1-4,6-8,14H2,(H,23,25). The summed E-state index contributed by atoms with van der Waals surface area (Å²) in [5.74, 6) is 0.708. The van der Waals surface area contributed by atoms with Crippen molar-refractivity contribution in [2.24, 2.45) is 0 Å². The lowest BCUT2D eigenvalue weighted by Gasteiger charge is -2.34. The summed E-state index contributed by atoms with van der Waals surface area (Å²) in [7, 11) is 0. The topological polar surface area (TPSA) is 71.8 Å². The molecule has 1 saturated carbocycles. The molecule has 0 spiro atoms. The number of hydrogen-bond donors (Lipinski definition) is 1. The second-order valence-electron chi connectivity index (χ2n) is 7.53. The fourth-order valence-corrected chi connectivity index (χ4v) is 4.03. The summed E-state index contributed by atoms with van der Waals surface area (Å²) in [6.45, 7) is 0.561. The fourth-order valence-electron chi connectivity index (χ4n) is 4.03. The van der Waals surface area contributed by atoms with Crippen LogP contribution in [0.3, 0.4) is 0 Å². The van der Waals surface area contributed by atoms with Crippen LogP contribution in [0.5, 0.6) is 5.75 Å². The number of nitrogens with zero attached hydrogens (tertiary/aromatic N) is 1. The van der Waals surface area contributed by atoms with Gasteiger partial charge in [-0.05, 0) is 81.3 Å². The van der Waals surface area contributed by atoms with Crippen LogP contribution in [0.2, 0.25) is 0 Å². The summed E-state index contributed by atoms with van der Waals surface area (Å²) in [4.78, 5) is 27.1. The van der Waals surface area contributed by atoms with Gasteiger partial charge in [-0.15, -0.1) is 0 Å². The molecule has 2 aromatic rings. The number of piperidine rings is 1. The van der Waals surface area contributed by atoms with E-state index in [9.17, 15) is 9.59 Å². The molecule has 1 aliphatic carbocycles. The average Bonchev–Trinajstić information content (AvgIpc) is 3.43. The lowest BCUT2D eigenvalue weighted by atomic mass is 10.0. The number of carbonyl (C=O) groups is 2. The number of anilines is 1. The Morgan fingerprint density at radius 2 is 1.75 bits per heavy atom. The highest BCUT2D eigenvalue weighted by atomic mass is 16.5. The van der Waals surface area contributed by atoms with Crippen LogP contribution in [-0.4, -0.2) is 35.4 Å². The van der Waals surface area contributed by atoms with Crippen molar-refractivity contribution in [1.82, 2.24) is 4.90 Å². The predicted octanol–water partition coefficient (Wildman–Crippen LogP) is 4.23. The Balaban J connectivity index is 1.39. The summed E-state index contributed by atoms with van der Waals surface area (Å²) >= 11 is 0. The largest absolute Gasteiger partial charge is 0.490 e. The fraction of sp³-hybridized carbons (Fsp3) is 0.455. The van der Waals surface area contributed by atoms with E-state index in [1.807, 2.05) is 24.3 Å². The lowest BCUT2D eigenvalue weighted by molar-refractivity contribution is -0.121. The Morgan fingerprint density at radius 3 is 2.46 bits per heavy atom. The number of benzene rings is 1. The van der Waals surface area contributed by atoms with Crippen molar-refractivity contribution in [2.45, 2.75) is 57.1 Å². The Hall–Kier alpha value is -2.76. The molecule has 1 atom stereocenters. The summed E-state index contributed by atoms with van der Waals surface area (Å²) in [5.41, 5.74) is 0.708. The van der Waals surface area contributed by atoms with Crippen LogP contribution >= 0.6 is 0 Å². The molecule has 1 N–H and O–H groups in total. The SMILES string of the molecule is O=C(Nc1ccc(OC2CCCC2)cc1)C1CCCCN1C(=O)c1ccco1. The van der Waals surface area contributed by atoms with Gasteiger partial charge in [-0.25, -0.2) is 0 Å². The molecule has 148 valence electrons. The monoisotopic (exact) mass is 382 g/mol. The molecular weight excluding hydrogens is 356 g/mol. The highest BCUT2D eigenvalue weighted by Crippen LogP contribution is 2.26. The number of furan rings is 1. The first-order valence-electron chi connectivity index (χ1n) is 10.1. The molecule has 28 heavy (non-hydrogen) atoms. The van der Waals surface area contributed by atoms with Crippen molar-refractivity contribution in [3.05, 3.63) is 48.4 Å². The van der Waals surface area contributed by atoms with Gasteiger partial charge in [0.15, 0.2) is 5.76 Å². The number of carbonyl (C=O) groups excluding carboxylic acids is 2. The van der Waals surface area contributed by atoms with Crippen LogP contribution < -0.4 is 10.1 Å². The molecule has 0 radical (unpaired) electrons. The van der Waals surface area contributed by atoms with Gasteiger partial charge < -0.3 is 19.4 Å². The maximum atomic E-state index is 12.8. The zero-order chi connectivity index (χ0) is 19.3. The molecule has 1 unspecified atom stereocenters. The Morgan fingerprint density at radius 1 is 1.00 bits per heavy atom. The number of ether oxygens (including phenoxy) is 1. The van der Waals surface area contributed by atoms with E-state index < -0.39 is 6.04 Å². The van der Waals surface area contributed by atoms with Crippen molar-refractivity contribution in [3.63, 3.8) is 0 Å². The molecule has 6 nitrogen and oxygen atoms in total. The maximum Gasteiger partial charge on any atom is 0.290 e.